The summed E-state index contributed by atoms with van der Waals surface area (Å²) in [4.78, 5) is 0. The predicted octanol–water partition coefficient (Wildman–Crippen LogP) is 2.32. The topological polar surface area (TPSA) is 65.7 Å². The Labute approximate surface area is 139 Å². The highest BCUT2D eigenvalue weighted by Gasteiger charge is 2.31. The Hall–Kier alpha value is 0.0169. The zero-order valence-corrected chi connectivity index (χ0v) is 16.4. The van der Waals surface area contributed by atoms with Crippen LogP contribution in [0.5, 0.6) is 0 Å². The van der Waals surface area contributed by atoms with Crippen molar-refractivity contribution in [1.29, 1.82) is 0 Å². The van der Waals surface area contributed by atoms with Crippen LogP contribution >= 0.6 is 0 Å². The molecular weight excluding hydrogens is 296 g/mol. The smallest absolute Gasteiger partial charge is 0.376 e. The molecule has 0 aliphatic carbocycles. The normalized spacial score (nSPS) is 22.0. The van der Waals surface area contributed by atoms with E-state index in [0.717, 1.165) is 18.5 Å². The molecule has 0 aromatic carbocycles. The van der Waals surface area contributed by atoms with E-state index in [4.69, 9.17) is 19.0 Å². The van der Waals surface area contributed by atoms with Gasteiger partial charge in [0.15, 0.2) is 0 Å². The van der Waals surface area contributed by atoms with E-state index in [9.17, 15) is 0 Å². The molecule has 3 atom stereocenters. The lowest BCUT2D eigenvalue weighted by Gasteiger charge is -2.40. The van der Waals surface area contributed by atoms with Crippen molar-refractivity contribution < 1.29 is 13.3 Å². The number of hydrogen-bond acceptors (Lipinski definition) is 5. The first-order valence-electron chi connectivity index (χ1n) is 8.94. The van der Waals surface area contributed by atoms with Crippen LogP contribution in [0.25, 0.3) is 0 Å². The summed E-state index contributed by atoms with van der Waals surface area (Å²) < 4.78 is 15.7. The monoisotopic (exact) mass is 334 g/mol. The molecule has 134 valence electrons. The van der Waals surface area contributed by atoms with E-state index in [1.165, 1.54) is 25.7 Å². The number of nitrogens with two attached hydrogens (primary N) is 1. The Balaban J connectivity index is 0.000000409. The second kappa shape index (κ2) is 14.6. The van der Waals surface area contributed by atoms with Crippen molar-refractivity contribution in [3.63, 3.8) is 0 Å². The molecule has 1 fully saturated rings. The van der Waals surface area contributed by atoms with Crippen LogP contribution in [0, 0.1) is 5.92 Å². The molecule has 1 rings (SSSR count). The third-order valence-electron chi connectivity index (χ3n) is 3.83. The Bertz CT molecular complexity index is 231. The number of rotatable bonds is 11. The van der Waals surface area contributed by atoms with Crippen molar-refractivity contribution in [2.75, 3.05) is 26.4 Å². The zero-order chi connectivity index (χ0) is 16.8. The van der Waals surface area contributed by atoms with Gasteiger partial charge in [-0.3, -0.25) is 0 Å². The highest BCUT2D eigenvalue weighted by Crippen LogP contribution is 2.21. The third-order valence-corrected chi connectivity index (χ3v) is 5.65. The molecule has 1 saturated heterocycles. The van der Waals surface area contributed by atoms with Gasteiger partial charge in [-0.1, -0.05) is 26.2 Å². The molecule has 22 heavy (non-hydrogen) atoms. The number of unbranched alkanes of at least 4 members (excludes halogenated alkanes) is 2. The van der Waals surface area contributed by atoms with Crippen LogP contribution in [0.4, 0.5) is 0 Å². The summed E-state index contributed by atoms with van der Waals surface area (Å²) in [6.07, 6.45) is 5.36. The minimum absolute atomic E-state index is 0.373. The molecule has 0 bridgehead atoms. The zero-order valence-electron chi connectivity index (χ0n) is 15.3. The summed E-state index contributed by atoms with van der Waals surface area (Å²) in [5, 5.41) is 3.46. The Kier molecular flexibility index (Phi) is 14.6. The molecule has 0 radical (unpaired) electrons. The fraction of sp³-hybridized carbons (Fsp3) is 1.00. The van der Waals surface area contributed by atoms with E-state index in [0.29, 0.717) is 25.9 Å². The van der Waals surface area contributed by atoms with Crippen LogP contribution in [0.15, 0.2) is 0 Å². The molecule has 1 heterocycles. The summed E-state index contributed by atoms with van der Waals surface area (Å²) in [6.45, 7) is 13.4. The average Bonchev–Trinajstić information content (AvgIpc) is 2.43. The van der Waals surface area contributed by atoms with E-state index in [1.54, 1.807) is 0 Å². The Morgan fingerprint density at radius 3 is 1.91 bits per heavy atom. The highest BCUT2D eigenvalue weighted by molar-refractivity contribution is 6.36. The van der Waals surface area contributed by atoms with Crippen LogP contribution in [0.2, 0.25) is 0 Å². The second-order valence-corrected chi connectivity index (χ2v) is 7.27. The first-order chi connectivity index (χ1) is 10.6. The minimum atomic E-state index is -1.73. The van der Waals surface area contributed by atoms with Crippen molar-refractivity contribution in [3.05, 3.63) is 0 Å². The quantitative estimate of drug-likeness (QED) is 0.448. The van der Waals surface area contributed by atoms with Crippen molar-refractivity contribution >= 4 is 9.53 Å². The van der Waals surface area contributed by atoms with Crippen LogP contribution in [-0.4, -0.2) is 48.0 Å². The lowest BCUT2D eigenvalue weighted by Crippen LogP contribution is -2.58. The SMILES string of the molecule is CCCCCC1NCC1C(C)N.CCO[SiH](OCC)OCC. The van der Waals surface area contributed by atoms with Gasteiger partial charge in [0.2, 0.25) is 0 Å². The largest absolute Gasteiger partial charge is 0.484 e. The number of nitrogens with one attached hydrogen (secondary N) is 1. The van der Waals surface area contributed by atoms with E-state index < -0.39 is 9.53 Å². The summed E-state index contributed by atoms with van der Waals surface area (Å²) in [5.41, 5.74) is 5.85. The first kappa shape index (κ1) is 22.0. The maximum Gasteiger partial charge on any atom is 0.484 e. The predicted molar refractivity (Wildman–Crippen MR) is 95.1 cm³/mol. The molecule has 1 aliphatic heterocycles. The van der Waals surface area contributed by atoms with E-state index in [1.807, 2.05) is 20.8 Å². The summed E-state index contributed by atoms with van der Waals surface area (Å²) in [6, 6.07) is 1.09. The lowest BCUT2D eigenvalue weighted by atomic mass is 9.83. The molecule has 0 aromatic rings. The molecule has 3 N–H and O–H groups in total. The van der Waals surface area contributed by atoms with Gasteiger partial charge in [-0.05, 0) is 34.1 Å². The lowest BCUT2D eigenvalue weighted by molar-refractivity contribution is 0.107. The molecule has 5 nitrogen and oxygen atoms in total. The van der Waals surface area contributed by atoms with Gasteiger partial charge in [0.05, 0.1) is 0 Å². The van der Waals surface area contributed by atoms with Crippen molar-refractivity contribution in [2.45, 2.75) is 72.4 Å². The molecular formula is C16H38N2O3Si. The maximum absolute atomic E-state index is 5.85. The van der Waals surface area contributed by atoms with Crippen LogP contribution in [0.3, 0.4) is 0 Å². The van der Waals surface area contributed by atoms with Gasteiger partial charge >= 0.3 is 9.53 Å². The van der Waals surface area contributed by atoms with Crippen LogP contribution in [0.1, 0.15) is 60.3 Å². The van der Waals surface area contributed by atoms with E-state index in [2.05, 4.69) is 19.2 Å². The molecule has 6 heteroatoms. The van der Waals surface area contributed by atoms with Crippen molar-refractivity contribution in [1.82, 2.24) is 5.32 Å². The summed E-state index contributed by atoms with van der Waals surface area (Å²) in [7, 11) is -1.73. The second-order valence-electron chi connectivity index (χ2n) is 5.69. The van der Waals surface area contributed by atoms with Crippen LogP contribution in [-0.2, 0) is 13.3 Å². The van der Waals surface area contributed by atoms with Gasteiger partial charge in [0.1, 0.15) is 0 Å². The molecule has 0 saturated carbocycles. The fourth-order valence-corrected chi connectivity index (χ4v) is 3.56. The highest BCUT2D eigenvalue weighted by atomic mass is 28.3. The average molecular weight is 335 g/mol. The Morgan fingerprint density at radius 2 is 1.59 bits per heavy atom. The molecule has 0 spiro atoms. The molecule has 0 aromatic heterocycles. The van der Waals surface area contributed by atoms with Crippen molar-refractivity contribution in [2.24, 2.45) is 11.7 Å². The van der Waals surface area contributed by atoms with Gasteiger partial charge in [0.25, 0.3) is 0 Å². The van der Waals surface area contributed by atoms with Gasteiger partial charge in [-0.15, -0.1) is 0 Å². The minimum Gasteiger partial charge on any atom is -0.376 e. The molecule has 3 unspecified atom stereocenters. The maximum atomic E-state index is 5.85. The standard InChI is InChI=1S/C10H22N2.C6H16O3Si/c1-3-4-5-6-10-9(7-12-10)8(2)11;1-4-7-10(8-5-2)9-6-3/h8-10,12H,3-7,11H2,1-2H3;10H,4-6H2,1-3H3. The summed E-state index contributed by atoms with van der Waals surface area (Å²) >= 11 is 0. The Morgan fingerprint density at radius 1 is 1.05 bits per heavy atom. The van der Waals surface area contributed by atoms with Crippen LogP contribution < -0.4 is 11.1 Å². The van der Waals surface area contributed by atoms with Gasteiger partial charge in [-0.25, -0.2) is 0 Å². The first-order valence-corrected chi connectivity index (χ1v) is 10.4. The third kappa shape index (κ3) is 9.92. The van der Waals surface area contributed by atoms with Crippen molar-refractivity contribution in [3.8, 4) is 0 Å². The molecule has 1 aliphatic rings. The van der Waals surface area contributed by atoms with E-state index in [-0.39, 0.29) is 0 Å². The summed E-state index contributed by atoms with van der Waals surface area (Å²) in [5.74, 6) is 0.738. The van der Waals surface area contributed by atoms with Gasteiger partial charge < -0.3 is 24.3 Å². The molecule has 0 amide bonds. The van der Waals surface area contributed by atoms with Gasteiger partial charge in [-0.2, -0.15) is 0 Å². The number of hydrogen-bond donors (Lipinski definition) is 2. The van der Waals surface area contributed by atoms with Gasteiger partial charge in [0, 0.05) is 44.4 Å². The van der Waals surface area contributed by atoms with E-state index >= 15 is 0 Å². The fourth-order valence-electron chi connectivity index (χ4n) is 2.46.